The number of ether oxygens (including phenoxy) is 1. The summed E-state index contributed by atoms with van der Waals surface area (Å²) in [7, 11) is 0. The van der Waals surface area contributed by atoms with Crippen molar-refractivity contribution < 1.29 is 24.6 Å². The van der Waals surface area contributed by atoms with E-state index in [1.807, 2.05) is 51.1 Å². The van der Waals surface area contributed by atoms with Crippen LogP contribution in [0.2, 0.25) is 0 Å². The van der Waals surface area contributed by atoms with E-state index >= 15 is 0 Å². The molecule has 8 heteroatoms. The molecule has 2 aromatic carbocycles. The van der Waals surface area contributed by atoms with Gasteiger partial charge in [0.1, 0.15) is 0 Å². The highest BCUT2D eigenvalue weighted by Crippen LogP contribution is 2.44. The number of oxime groups is 1. The molecule has 3 aromatic rings. The smallest absolute Gasteiger partial charge is 0.449 e. The van der Waals surface area contributed by atoms with Crippen LogP contribution in [0.4, 0.5) is 10.5 Å². The summed E-state index contributed by atoms with van der Waals surface area (Å²) in [4.78, 5) is 27.1. The Labute approximate surface area is 183 Å². The number of aryl methyl sites for hydroxylation is 1. The molecule has 0 fully saturated rings. The van der Waals surface area contributed by atoms with E-state index in [1.165, 1.54) is 11.1 Å². The molecule has 0 aliphatic heterocycles. The number of anilines is 1. The van der Waals surface area contributed by atoms with Gasteiger partial charge in [-0.05, 0) is 44.5 Å². The molecule has 0 bridgehead atoms. The fraction of sp³-hybridized carbons (Fsp3) is 0.174. The first-order valence-corrected chi connectivity index (χ1v) is 10.3. The van der Waals surface area contributed by atoms with Gasteiger partial charge in [-0.25, -0.2) is 4.79 Å². The van der Waals surface area contributed by atoms with E-state index in [-0.39, 0.29) is 17.0 Å². The average molecular weight is 439 g/mol. The number of thiophene rings is 1. The van der Waals surface area contributed by atoms with Crippen molar-refractivity contribution in [3.63, 3.8) is 0 Å². The van der Waals surface area contributed by atoms with Crippen molar-refractivity contribution in [3.05, 3.63) is 71.3 Å². The first-order chi connectivity index (χ1) is 14.8. The normalized spacial score (nSPS) is 11.1. The number of hydrogen-bond acceptors (Lipinski definition) is 6. The van der Waals surface area contributed by atoms with Gasteiger partial charge in [-0.3, -0.25) is 4.79 Å². The Morgan fingerprint density at radius 3 is 2.45 bits per heavy atom. The summed E-state index contributed by atoms with van der Waals surface area (Å²) >= 11 is 1.15. The van der Waals surface area contributed by atoms with Crippen molar-refractivity contribution in [1.82, 2.24) is 0 Å². The molecule has 1 aromatic heterocycles. The Kier molecular flexibility index (Phi) is 6.71. The lowest BCUT2D eigenvalue weighted by molar-refractivity contribution is 0.0978. The minimum atomic E-state index is -1.46. The van der Waals surface area contributed by atoms with Crippen LogP contribution in [0.5, 0.6) is 5.06 Å². The van der Waals surface area contributed by atoms with Crippen LogP contribution in [-0.2, 0) is 0 Å². The molecule has 0 unspecified atom stereocenters. The summed E-state index contributed by atoms with van der Waals surface area (Å²) in [6.07, 6.45) is -0.251. The molecule has 1 heterocycles. The fourth-order valence-corrected chi connectivity index (χ4v) is 4.23. The second-order valence-corrected chi connectivity index (χ2v) is 8.14. The van der Waals surface area contributed by atoms with E-state index in [9.17, 15) is 14.7 Å². The molecular weight excluding hydrogens is 416 g/mol. The monoisotopic (exact) mass is 438 g/mol. The molecule has 3 rings (SSSR count). The van der Waals surface area contributed by atoms with Crippen molar-refractivity contribution in [2.45, 2.75) is 26.8 Å². The number of carbonyl (C=O) groups excluding carboxylic acids is 1. The lowest BCUT2D eigenvalue weighted by Crippen LogP contribution is -2.37. The van der Waals surface area contributed by atoms with Gasteiger partial charge in [-0.1, -0.05) is 58.5 Å². The minimum Gasteiger partial charge on any atom is -0.449 e. The topological polar surface area (TPSA) is 99.4 Å². The summed E-state index contributed by atoms with van der Waals surface area (Å²) in [5.74, 6) is -0.363. The Balaban J connectivity index is 2.14. The third-order valence-electron chi connectivity index (χ3n) is 4.55. The van der Waals surface area contributed by atoms with E-state index in [2.05, 4.69) is 5.16 Å². The average Bonchev–Trinajstić information content (AvgIpc) is 3.11. The molecule has 160 valence electrons. The van der Waals surface area contributed by atoms with E-state index < -0.39 is 6.16 Å². The van der Waals surface area contributed by atoms with E-state index in [1.54, 1.807) is 24.3 Å². The van der Waals surface area contributed by atoms with Gasteiger partial charge in [-0.15, -0.1) is 0 Å². The maximum absolute atomic E-state index is 13.6. The SMILES string of the molecule is Cc1ccc(C(=O)N(c2cc(-c3ccccc3)sc2OC(=O)O)C(C)C)c(C=NO)c1. The van der Waals surface area contributed by atoms with E-state index in [4.69, 9.17) is 9.94 Å². The highest BCUT2D eigenvalue weighted by Gasteiger charge is 2.28. The summed E-state index contributed by atoms with van der Waals surface area (Å²) in [6, 6.07) is 16.1. The number of hydrogen-bond donors (Lipinski definition) is 2. The largest absolute Gasteiger partial charge is 0.512 e. The highest BCUT2D eigenvalue weighted by atomic mass is 32.1. The van der Waals surface area contributed by atoms with Gasteiger partial charge in [0.25, 0.3) is 5.91 Å². The summed E-state index contributed by atoms with van der Waals surface area (Å²) in [6.45, 7) is 5.53. The predicted octanol–water partition coefficient (Wildman–Crippen LogP) is 5.64. The van der Waals surface area contributed by atoms with Crippen molar-refractivity contribution in [2.75, 3.05) is 4.90 Å². The summed E-state index contributed by atoms with van der Waals surface area (Å²) < 4.78 is 5.04. The van der Waals surface area contributed by atoms with Crippen LogP contribution in [0.15, 0.2) is 59.8 Å². The lowest BCUT2D eigenvalue weighted by Gasteiger charge is -2.27. The first-order valence-electron chi connectivity index (χ1n) is 9.53. The maximum atomic E-state index is 13.6. The number of benzene rings is 2. The van der Waals surface area contributed by atoms with Crippen LogP contribution in [0.3, 0.4) is 0 Å². The molecule has 1 amide bonds. The standard InChI is InChI=1S/C23H22N2O5S/c1-14(2)25(21(26)18-10-9-15(3)11-17(18)13-24-29)19-12-20(16-7-5-4-6-8-16)31-22(19)30-23(27)28/h4-14,29H,1-3H3,(H,27,28). The molecule has 0 aliphatic carbocycles. The zero-order chi connectivity index (χ0) is 22.5. The molecule has 2 N–H and O–H groups in total. The van der Waals surface area contributed by atoms with Crippen molar-refractivity contribution >= 4 is 35.3 Å². The van der Waals surface area contributed by atoms with Gasteiger partial charge in [0.05, 0.1) is 11.9 Å². The number of carbonyl (C=O) groups is 2. The highest BCUT2D eigenvalue weighted by molar-refractivity contribution is 7.18. The van der Waals surface area contributed by atoms with E-state index in [0.717, 1.165) is 27.3 Å². The van der Waals surface area contributed by atoms with Crippen molar-refractivity contribution in [2.24, 2.45) is 5.16 Å². The third-order valence-corrected chi connectivity index (χ3v) is 5.60. The predicted molar refractivity (Wildman–Crippen MR) is 121 cm³/mol. The molecule has 7 nitrogen and oxygen atoms in total. The maximum Gasteiger partial charge on any atom is 0.512 e. The van der Waals surface area contributed by atoms with Gasteiger partial charge < -0.3 is 20.0 Å². The van der Waals surface area contributed by atoms with Gasteiger partial charge in [0.2, 0.25) is 5.06 Å². The number of rotatable bonds is 6. The Morgan fingerprint density at radius 2 is 1.84 bits per heavy atom. The molecular formula is C23H22N2O5S. The summed E-state index contributed by atoms with van der Waals surface area (Å²) in [5, 5.41) is 21.4. The van der Waals surface area contributed by atoms with Crippen LogP contribution in [0.1, 0.15) is 35.3 Å². The first kappa shape index (κ1) is 22.0. The second kappa shape index (κ2) is 9.44. The molecule has 0 atom stereocenters. The van der Waals surface area contributed by atoms with Crippen LogP contribution >= 0.6 is 11.3 Å². The number of nitrogens with zero attached hydrogens (tertiary/aromatic N) is 2. The minimum absolute atomic E-state index is 0.109. The quantitative estimate of drug-likeness (QED) is 0.224. The lowest BCUT2D eigenvalue weighted by atomic mass is 10.0. The van der Waals surface area contributed by atoms with Gasteiger partial charge in [-0.2, -0.15) is 0 Å². The second-order valence-electron chi connectivity index (χ2n) is 7.12. The molecule has 0 radical (unpaired) electrons. The number of amides is 1. The molecule has 31 heavy (non-hydrogen) atoms. The van der Waals surface area contributed by atoms with Gasteiger partial charge in [0, 0.05) is 22.0 Å². The van der Waals surface area contributed by atoms with Crippen LogP contribution in [-0.4, -0.2) is 34.6 Å². The van der Waals surface area contributed by atoms with Gasteiger partial charge >= 0.3 is 6.16 Å². The molecule has 0 saturated heterocycles. The zero-order valence-corrected chi connectivity index (χ0v) is 18.1. The third kappa shape index (κ3) is 4.92. The Bertz CT molecular complexity index is 1120. The van der Waals surface area contributed by atoms with Crippen molar-refractivity contribution in [3.8, 4) is 15.5 Å². The Morgan fingerprint density at radius 1 is 1.13 bits per heavy atom. The summed E-state index contributed by atoms with van der Waals surface area (Å²) in [5.41, 5.74) is 2.93. The molecule has 0 spiro atoms. The van der Waals surface area contributed by atoms with Crippen LogP contribution in [0, 0.1) is 6.92 Å². The Hall–Kier alpha value is -3.65. The van der Waals surface area contributed by atoms with Crippen LogP contribution < -0.4 is 9.64 Å². The number of carboxylic acid groups (broad SMARTS) is 1. The van der Waals surface area contributed by atoms with E-state index in [0.29, 0.717) is 16.8 Å². The molecule has 0 aliphatic rings. The van der Waals surface area contributed by atoms with Crippen molar-refractivity contribution in [1.29, 1.82) is 0 Å². The fourth-order valence-electron chi connectivity index (χ4n) is 3.23. The van der Waals surface area contributed by atoms with Gasteiger partial charge in [0.15, 0.2) is 0 Å². The molecule has 0 saturated carbocycles. The van der Waals surface area contributed by atoms with Crippen LogP contribution in [0.25, 0.3) is 10.4 Å². The zero-order valence-electron chi connectivity index (χ0n) is 17.3.